The number of allylic oxidation sites excluding steroid dienone is 4. The largest absolute Gasteiger partial charge is 0.308 e. The Kier molecular flexibility index (Phi) is 3.86. The van der Waals surface area contributed by atoms with E-state index in [2.05, 4.69) is 37.3 Å². The maximum atomic E-state index is 7.66. The average Bonchev–Trinajstić information content (AvgIpc) is 2.93. The van der Waals surface area contributed by atoms with Gasteiger partial charge < -0.3 is 5.41 Å². The molecule has 2 unspecified atom stereocenters. The molecule has 0 radical (unpaired) electrons. The van der Waals surface area contributed by atoms with Crippen molar-refractivity contribution < 1.29 is 0 Å². The fraction of sp³-hybridized carbons (Fsp3) is 0.421. The molecule has 0 heterocycles. The molecule has 104 valence electrons. The first-order chi connectivity index (χ1) is 9.79. The molecule has 1 aromatic rings. The molecule has 1 N–H and O–H groups in total. The van der Waals surface area contributed by atoms with Crippen molar-refractivity contribution in [1.82, 2.24) is 0 Å². The third-order valence-electron chi connectivity index (χ3n) is 4.87. The van der Waals surface area contributed by atoms with Crippen molar-refractivity contribution in [3.8, 4) is 0 Å². The molecule has 0 bridgehead atoms. The molecule has 0 spiro atoms. The van der Waals surface area contributed by atoms with Crippen molar-refractivity contribution in [3.05, 3.63) is 58.7 Å². The molecule has 1 heteroatoms. The van der Waals surface area contributed by atoms with Gasteiger partial charge in [0.25, 0.3) is 0 Å². The smallest absolute Gasteiger partial charge is 0.0253 e. The van der Waals surface area contributed by atoms with Crippen LogP contribution < -0.4 is 0 Å². The second-order valence-corrected chi connectivity index (χ2v) is 6.14. The van der Waals surface area contributed by atoms with Crippen LogP contribution in [0.2, 0.25) is 0 Å². The van der Waals surface area contributed by atoms with Crippen molar-refractivity contribution in [2.24, 2.45) is 5.92 Å². The van der Waals surface area contributed by atoms with Gasteiger partial charge in [-0.05, 0) is 49.1 Å². The van der Waals surface area contributed by atoms with Gasteiger partial charge in [-0.15, -0.1) is 0 Å². The normalized spacial score (nSPS) is 26.1. The van der Waals surface area contributed by atoms with Crippen molar-refractivity contribution in [2.45, 2.75) is 44.9 Å². The van der Waals surface area contributed by atoms with Gasteiger partial charge in [0.1, 0.15) is 0 Å². The second-order valence-electron chi connectivity index (χ2n) is 6.14. The average molecular weight is 265 g/mol. The van der Waals surface area contributed by atoms with Crippen LogP contribution in [0.4, 0.5) is 0 Å². The molecule has 1 aromatic carbocycles. The number of nitrogens with one attached hydrogen (secondary N) is 1. The van der Waals surface area contributed by atoms with Gasteiger partial charge in [-0.25, -0.2) is 0 Å². The van der Waals surface area contributed by atoms with E-state index in [1.165, 1.54) is 43.0 Å². The lowest BCUT2D eigenvalue weighted by Crippen LogP contribution is -2.20. The van der Waals surface area contributed by atoms with Gasteiger partial charge in [-0.2, -0.15) is 0 Å². The number of hydrogen-bond donors (Lipinski definition) is 1. The van der Waals surface area contributed by atoms with Gasteiger partial charge >= 0.3 is 0 Å². The van der Waals surface area contributed by atoms with E-state index in [0.717, 1.165) is 12.0 Å². The minimum absolute atomic E-state index is 0.604. The molecule has 20 heavy (non-hydrogen) atoms. The summed E-state index contributed by atoms with van der Waals surface area (Å²) in [6, 6.07) is 8.49. The van der Waals surface area contributed by atoms with E-state index in [1.54, 1.807) is 5.57 Å². The second kappa shape index (κ2) is 5.78. The summed E-state index contributed by atoms with van der Waals surface area (Å²) in [5.41, 5.74) is 5.53. The first kappa shape index (κ1) is 13.4. The molecule has 1 fully saturated rings. The van der Waals surface area contributed by atoms with E-state index in [1.807, 2.05) is 6.07 Å². The molecule has 0 saturated heterocycles. The molecular formula is C19H23N. The Morgan fingerprint density at radius 3 is 2.55 bits per heavy atom. The van der Waals surface area contributed by atoms with Crippen LogP contribution in [0, 0.1) is 11.3 Å². The molecule has 2 aliphatic rings. The number of rotatable bonds is 3. The summed E-state index contributed by atoms with van der Waals surface area (Å²) in [5.74, 6) is 1.28. The highest BCUT2D eigenvalue weighted by Gasteiger charge is 2.30. The summed E-state index contributed by atoms with van der Waals surface area (Å²) in [6.07, 6.45) is 12.7. The first-order valence-electron chi connectivity index (χ1n) is 7.76. The maximum absolute atomic E-state index is 7.66. The molecule has 2 aliphatic carbocycles. The van der Waals surface area contributed by atoms with E-state index >= 15 is 0 Å². The molecule has 1 nitrogen and oxygen atoms in total. The van der Waals surface area contributed by atoms with Crippen LogP contribution in [0.5, 0.6) is 0 Å². The highest BCUT2D eigenvalue weighted by atomic mass is 14.4. The Hall–Kier alpha value is -1.63. The SMILES string of the molecule is CC1=CCC(C2CCCCC2c2ccccc2C=N)=C1. The summed E-state index contributed by atoms with van der Waals surface area (Å²) in [5, 5.41) is 7.66. The van der Waals surface area contributed by atoms with Crippen LogP contribution in [0.3, 0.4) is 0 Å². The Morgan fingerprint density at radius 2 is 1.85 bits per heavy atom. The van der Waals surface area contributed by atoms with E-state index in [4.69, 9.17) is 5.41 Å². The Balaban J connectivity index is 1.93. The predicted octanol–water partition coefficient (Wildman–Crippen LogP) is 5.23. The molecule has 2 atom stereocenters. The topological polar surface area (TPSA) is 23.9 Å². The molecule has 3 rings (SSSR count). The third-order valence-corrected chi connectivity index (χ3v) is 4.87. The lowest BCUT2D eigenvalue weighted by atomic mass is 9.71. The van der Waals surface area contributed by atoms with E-state index in [0.29, 0.717) is 11.8 Å². The fourth-order valence-electron chi connectivity index (χ4n) is 3.87. The highest BCUT2D eigenvalue weighted by Crippen LogP contribution is 2.44. The Morgan fingerprint density at radius 1 is 1.10 bits per heavy atom. The number of hydrogen-bond acceptors (Lipinski definition) is 1. The first-order valence-corrected chi connectivity index (χ1v) is 7.76. The van der Waals surface area contributed by atoms with E-state index in [-0.39, 0.29) is 0 Å². The summed E-state index contributed by atoms with van der Waals surface area (Å²) < 4.78 is 0. The van der Waals surface area contributed by atoms with Crippen molar-refractivity contribution in [1.29, 1.82) is 5.41 Å². The van der Waals surface area contributed by atoms with Crippen LogP contribution >= 0.6 is 0 Å². The van der Waals surface area contributed by atoms with Crippen LogP contribution in [0.25, 0.3) is 0 Å². The van der Waals surface area contributed by atoms with Crippen LogP contribution in [0.1, 0.15) is 56.1 Å². The van der Waals surface area contributed by atoms with Gasteiger partial charge in [0.2, 0.25) is 0 Å². The monoisotopic (exact) mass is 265 g/mol. The van der Waals surface area contributed by atoms with Gasteiger partial charge in [-0.1, -0.05) is 60.4 Å². The van der Waals surface area contributed by atoms with Crippen molar-refractivity contribution in [3.63, 3.8) is 0 Å². The lowest BCUT2D eigenvalue weighted by molar-refractivity contribution is 0.345. The molecule has 1 saturated carbocycles. The maximum Gasteiger partial charge on any atom is 0.0253 e. The summed E-state index contributed by atoms with van der Waals surface area (Å²) in [6.45, 7) is 2.20. The van der Waals surface area contributed by atoms with E-state index < -0.39 is 0 Å². The van der Waals surface area contributed by atoms with Crippen LogP contribution in [-0.4, -0.2) is 6.21 Å². The third kappa shape index (κ3) is 2.49. The van der Waals surface area contributed by atoms with E-state index in [9.17, 15) is 0 Å². The minimum atomic E-state index is 0.604. The fourth-order valence-corrected chi connectivity index (χ4v) is 3.87. The molecule has 0 aromatic heterocycles. The van der Waals surface area contributed by atoms with Gasteiger partial charge in [0.15, 0.2) is 0 Å². The summed E-state index contributed by atoms with van der Waals surface area (Å²) in [4.78, 5) is 0. The lowest BCUT2D eigenvalue weighted by Gasteiger charge is -2.34. The zero-order valence-corrected chi connectivity index (χ0v) is 12.2. The molecule has 0 amide bonds. The summed E-state index contributed by atoms with van der Waals surface area (Å²) in [7, 11) is 0. The molecule has 0 aliphatic heterocycles. The Bertz CT molecular complexity index is 565. The zero-order valence-electron chi connectivity index (χ0n) is 12.2. The highest BCUT2D eigenvalue weighted by molar-refractivity contribution is 5.79. The zero-order chi connectivity index (χ0) is 13.9. The van der Waals surface area contributed by atoms with Crippen LogP contribution in [-0.2, 0) is 0 Å². The quantitative estimate of drug-likeness (QED) is 0.723. The standard InChI is InChI=1S/C19H23N/c1-14-10-11-15(12-14)17-7-4-5-9-19(17)18-8-3-2-6-16(18)13-20/h2-3,6,8,10,12-13,17,19-20H,4-5,7,9,11H2,1H3. The predicted molar refractivity (Wildman–Crippen MR) is 85.5 cm³/mol. The number of benzene rings is 1. The minimum Gasteiger partial charge on any atom is -0.308 e. The van der Waals surface area contributed by atoms with Crippen LogP contribution in [0.15, 0.2) is 47.6 Å². The van der Waals surface area contributed by atoms with Crippen molar-refractivity contribution >= 4 is 6.21 Å². The van der Waals surface area contributed by atoms with Gasteiger partial charge in [0.05, 0.1) is 0 Å². The molecular weight excluding hydrogens is 242 g/mol. The van der Waals surface area contributed by atoms with Gasteiger partial charge in [0, 0.05) is 6.21 Å². The van der Waals surface area contributed by atoms with Gasteiger partial charge in [-0.3, -0.25) is 0 Å². The Labute approximate surface area is 121 Å². The van der Waals surface area contributed by atoms with Crippen molar-refractivity contribution in [2.75, 3.05) is 0 Å². The summed E-state index contributed by atoms with van der Waals surface area (Å²) >= 11 is 0.